The van der Waals surface area contributed by atoms with Crippen LogP contribution in [0.25, 0.3) is 11.0 Å². The summed E-state index contributed by atoms with van der Waals surface area (Å²) in [7, 11) is 0. The largest absolute Gasteiger partial charge is 0.319 e. The number of hydrogen-bond acceptors (Lipinski definition) is 3. The minimum atomic E-state index is 0.225. The van der Waals surface area contributed by atoms with E-state index >= 15 is 0 Å². The molecule has 0 spiro atoms. The van der Waals surface area contributed by atoms with Crippen molar-refractivity contribution >= 4 is 17.3 Å². The van der Waals surface area contributed by atoms with Crippen molar-refractivity contribution < 1.29 is 4.79 Å². The van der Waals surface area contributed by atoms with E-state index in [0.29, 0.717) is 5.82 Å². The van der Waals surface area contributed by atoms with Gasteiger partial charge in [0.15, 0.2) is 12.1 Å². The molecule has 0 saturated carbocycles. The fraction of sp³-hybridized carbons (Fsp3) is 0.300. The summed E-state index contributed by atoms with van der Waals surface area (Å²) in [6, 6.07) is 2.09. The molecule has 0 atom stereocenters. The van der Waals surface area contributed by atoms with Crippen molar-refractivity contribution in [3.63, 3.8) is 0 Å². The third-order valence-electron chi connectivity index (χ3n) is 2.14. The highest BCUT2D eigenvalue weighted by atomic mass is 16.1. The molecule has 4 heteroatoms. The van der Waals surface area contributed by atoms with E-state index in [1.54, 1.807) is 12.4 Å². The van der Waals surface area contributed by atoms with Crippen LogP contribution >= 0.6 is 0 Å². The molecule has 0 aromatic carbocycles. The Labute approximate surface area is 81.6 Å². The Balaban J connectivity index is 2.80. The summed E-state index contributed by atoms with van der Waals surface area (Å²) >= 11 is 0. The van der Waals surface area contributed by atoms with E-state index in [-0.39, 0.29) is 6.04 Å². The lowest BCUT2D eigenvalue weighted by molar-refractivity contribution is 0.111. The number of aldehydes is 1. The molecule has 0 amide bonds. The van der Waals surface area contributed by atoms with Gasteiger partial charge in [-0.1, -0.05) is 0 Å². The fourth-order valence-corrected chi connectivity index (χ4v) is 1.60. The summed E-state index contributed by atoms with van der Waals surface area (Å²) < 4.78 is 1.91. The molecule has 0 saturated heterocycles. The van der Waals surface area contributed by atoms with Gasteiger partial charge in [-0.25, -0.2) is 4.98 Å². The molecule has 0 radical (unpaired) electrons. The highest BCUT2D eigenvalue weighted by Gasteiger charge is 2.11. The summed E-state index contributed by atoms with van der Waals surface area (Å²) in [6.45, 7) is 4.04. The van der Waals surface area contributed by atoms with Gasteiger partial charge in [-0.3, -0.25) is 9.78 Å². The van der Waals surface area contributed by atoms with Gasteiger partial charge in [0.05, 0.1) is 11.7 Å². The van der Waals surface area contributed by atoms with Gasteiger partial charge < -0.3 is 4.57 Å². The van der Waals surface area contributed by atoms with Gasteiger partial charge in [-0.15, -0.1) is 0 Å². The summed E-state index contributed by atoms with van der Waals surface area (Å²) in [5.74, 6) is 0.461. The number of hydrogen-bond donors (Lipinski definition) is 0. The first-order valence-corrected chi connectivity index (χ1v) is 4.51. The number of carbonyl (C=O) groups is 1. The van der Waals surface area contributed by atoms with E-state index in [9.17, 15) is 4.79 Å². The summed E-state index contributed by atoms with van der Waals surface area (Å²) in [4.78, 5) is 19.0. The summed E-state index contributed by atoms with van der Waals surface area (Å²) in [5.41, 5.74) is 1.72. The molecule has 0 N–H and O–H groups in total. The third-order valence-corrected chi connectivity index (χ3v) is 2.14. The van der Waals surface area contributed by atoms with Crippen LogP contribution in [-0.4, -0.2) is 20.8 Å². The van der Waals surface area contributed by atoms with E-state index < -0.39 is 0 Å². The zero-order valence-corrected chi connectivity index (χ0v) is 8.14. The van der Waals surface area contributed by atoms with Crippen molar-refractivity contribution in [2.24, 2.45) is 0 Å². The zero-order valence-electron chi connectivity index (χ0n) is 8.14. The Morgan fingerprint density at radius 3 is 2.93 bits per heavy atom. The summed E-state index contributed by atoms with van der Waals surface area (Å²) in [6.07, 6.45) is 4.15. The quantitative estimate of drug-likeness (QED) is 0.677. The lowest BCUT2D eigenvalue weighted by atomic mass is 10.3. The van der Waals surface area contributed by atoms with Crippen LogP contribution in [0.2, 0.25) is 0 Å². The Bertz CT molecular complexity index is 473. The molecule has 0 aliphatic carbocycles. The van der Waals surface area contributed by atoms with Crippen molar-refractivity contribution in [3.8, 4) is 0 Å². The first kappa shape index (κ1) is 8.87. The molecule has 14 heavy (non-hydrogen) atoms. The Hall–Kier alpha value is -1.71. The molecule has 0 fully saturated rings. The minimum Gasteiger partial charge on any atom is -0.319 e. The number of nitrogens with zero attached hydrogens (tertiary/aromatic N) is 3. The van der Waals surface area contributed by atoms with E-state index in [4.69, 9.17) is 0 Å². The molecular weight excluding hydrogens is 178 g/mol. The van der Waals surface area contributed by atoms with Crippen LogP contribution in [-0.2, 0) is 0 Å². The second-order valence-electron chi connectivity index (χ2n) is 3.42. The molecule has 0 aliphatic rings. The highest BCUT2D eigenvalue weighted by Crippen LogP contribution is 2.18. The Morgan fingerprint density at radius 2 is 2.29 bits per heavy atom. The molecule has 0 unspecified atom stereocenters. The second-order valence-corrected chi connectivity index (χ2v) is 3.42. The van der Waals surface area contributed by atoms with Crippen molar-refractivity contribution in [1.82, 2.24) is 14.5 Å². The van der Waals surface area contributed by atoms with Crippen molar-refractivity contribution in [2.45, 2.75) is 19.9 Å². The summed E-state index contributed by atoms with van der Waals surface area (Å²) in [5, 5.41) is 0. The average molecular weight is 189 g/mol. The SMILES string of the molecule is CC(C)n1c(C=O)nc2cnccc21. The first-order valence-electron chi connectivity index (χ1n) is 4.51. The lowest BCUT2D eigenvalue weighted by Gasteiger charge is -2.09. The predicted molar refractivity (Wildman–Crippen MR) is 53.3 cm³/mol. The van der Waals surface area contributed by atoms with Crippen LogP contribution in [0.3, 0.4) is 0 Å². The van der Waals surface area contributed by atoms with E-state index in [1.807, 2.05) is 24.5 Å². The van der Waals surface area contributed by atoms with Crippen molar-refractivity contribution in [3.05, 3.63) is 24.3 Å². The van der Waals surface area contributed by atoms with Crippen LogP contribution in [0.15, 0.2) is 18.5 Å². The van der Waals surface area contributed by atoms with Gasteiger partial charge in [0, 0.05) is 12.2 Å². The number of rotatable bonds is 2. The Kier molecular flexibility index (Phi) is 2.04. The maximum absolute atomic E-state index is 10.8. The lowest BCUT2D eigenvalue weighted by Crippen LogP contribution is -2.05. The van der Waals surface area contributed by atoms with Crippen LogP contribution < -0.4 is 0 Å². The maximum atomic E-state index is 10.8. The molecule has 72 valence electrons. The van der Waals surface area contributed by atoms with Crippen LogP contribution in [0.5, 0.6) is 0 Å². The highest BCUT2D eigenvalue weighted by molar-refractivity contribution is 5.82. The number of fused-ring (bicyclic) bond motifs is 1. The third kappa shape index (κ3) is 1.19. The zero-order chi connectivity index (χ0) is 10.1. The molecule has 2 aromatic heterocycles. The topological polar surface area (TPSA) is 47.8 Å². The van der Waals surface area contributed by atoms with Crippen molar-refractivity contribution in [2.75, 3.05) is 0 Å². The maximum Gasteiger partial charge on any atom is 0.185 e. The van der Waals surface area contributed by atoms with Crippen LogP contribution in [0.4, 0.5) is 0 Å². The van der Waals surface area contributed by atoms with Gasteiger partial charge in [-0.2, -0.15) is 0 Å². The fourth-order valence-electron chi connectivity index (χ4n) is 1.60. The molecule has 2 aromatic rings. The Morgan fingerprint density at radius 1 is 1.50 bits per heavy atom. The molecule has 4 nitrogen and oxygen atoms in total. The van der Waals surface area contributed by atoms with Gasteiger partial charge >= 0.3 is 0 Å². The molecular formula is C10H11N3O. The normalized spacial score (nSPS) is 11.1. The van der Waals surface area contributed by atoms with Gasteiger partial charge in [0.25, 0.3) is 0 Å². The van der Waals surface area contributed by atoms with E-state index in [1.165, 1.54) is 0 Å². The predicted octanol–water partition coefficient (Wildman–Crippen LogP) is 1.82. The second kappa shape index (κ2) is 3.21. The van der Waals surface area contributed by atoms with Gasteiger partial charge in [0.1, 0.15) is 5.52 Å². The molecule has 0 bridgehead atoms. The smallest absolute Gasteiger partial charge is 0.185 e. The monoisotopic (exact) mass is 189 g/mol. The van der Waals surface area contributed by atoms with Crippen LogP contribution in [0, 0.1) is 0 Å². The number of imidazole rings is 1. The minimum absolute atomic E-state index is 0.225. The average Bonchev–Trinajstić information content (AvgIpc) is 2.55. The number of carbonyl (C=O) groups excluding carboxylic acids is 1. The van der Waals surface area contributed by atoms with E-state index in [2.05, 4.69) is 9.97 Å². The van der Waals surface area contributed by atoms with E-state index in [0.717, 1.165) is 17.3 Å². The molecule has 2 heterocycles. The van der Waals surface area contributed by atoms with Gasteiger partial charge in [0.2, 0.25) is 0 Å². The molecule has 0 aliphatic heterocycles. The number of pyridine rings is 1. The number of aromatic nitrogens is 3. The van der Waals surface area contributed by atoms with Crippen molar-refractivity contribution in [1.29, 1.82) is 0 Å². The van der Waals surface area contributed by atoms with Gasteiger partial charge in [-0.05, 0) is 19.9 Å². The first-order chi connectivity index (χ1) is 6.74. The molecule has 2 rings (SSSR count). The van der Waals surface area contributed by atoms with Crippen LogP contribution in [0.1, 0.15) is 30.5 Å². The standard InChI is InChI=1S/C10H11N3O/c1-7(2)13-9-3-4-11-5-8(9)12-10(13)6-14/h3-7H,1-2H3.